The van der Waals surface area contributed by atoms with Gasteiger partial charge in [-0.05, 0) is 29.3 Å². The van der Waals surface area contributed by atoms with Crippen LogP contribution in [0.2, 0.25) is 0 Å². The molecule has 34 heavy (non-hydrogen) atoms. The maximum Gasteiger partial charge on any atom is 0.221 e. The molecule has 0 atom stereocenters. The maximum absolute atomic E-state index is 11.5. The molecule has 0 fully saturated rings. The number of carbonyl (C=O) groups is 1. The molecule has 0 saturated carbocycles. The van der Waals surface area contributed by atoms with Crippen molar-refractivity contribution in [1.82, 2.24) is 20.2 Å². The fourth-order valence-corrected chi connectivity index (χ4v) is 3.92. The number of rotatable bonds is 6. The molecular weight excluding hydrogens is 424 g/mol. The number of amides is 1. The van der Waals surface area contributed by atoms with Crippen LogP contribution in [0.4, 0.5) is 11.5 Å². The van der Waals surface area contributed by atoms with Gasteiger partial charge in [-0.25, -0.2) is 0 Å². The zero-order valence-electron chi connectivity index (χ0n) is 18.6. The molecule has 0 unspecified atom stereocenters. The molecule has 0 aliphatic rings. The first kappa shape index (κ1) is 21.2. The van der Waals surface area contributed by atoms with Gasteiger partial charge in [-0.15, -0.1) is 10.2 Å². The number of fused-ring (bicyclic) bond motifs is 1. The van der Waals surface area contributed by atoms with Crippen molar-refractivity contribution in [2.24, 2.45) is 0 Å². The number of anilines is 2. The van der Waals surface area contributed by atoms with Gasteiger partial charge >= 0.3 is 0 Å². The Morgan fingerprint density at radius 1 is 0.882 bits per heavy atom. The molecule has 2 aromatic carbocycles. The molecule has 5 rings (SSSR count). The number of nitrogens with one attached hydrogen (secondary N) is 2. The van der Waals surface area contributed by atoms with Gasteiger partial charge in [-0.1, -0.05) is 54.6 Å². The van der Waals surface area contributed by atoms with Crippen molar-refractivity contribution in [2.75, 3.05) is 10.6 Å². The zero-order valence-corrected chi connectivity index (χ0v) is 18.6. The summed E-state index contributed by atoms with van der Waals surface area (Å²) in [6.45, 7) is 1.99. The van der Waals surface area contributed by atoms with E-state index in [2.05, 4.69) is 49.0 Å². The molecule has 7 heteroatoms. The van der Waals surface area contributed by atoms with Crippen LogP contribution in [0.3, 0.4) is 0 Å². The molecule has 5 aromatic rings. The normalized spacial score (nSPS) is 10.7. The van der Waals surface area contributed by atoms with Gasteiger partial charge in [-0.3, -0.25) is 14.8 Å². The Bertz CT molecular complexity index is 1450. The van der Waals surface area contributed by atoms with Crippen molar-refractivity contribution in [3.63, 3.8) is 0 Å². The molecule has 1 amide bonds. The summed E-state index contributed by atoms with van der Waals surface area (Å²) in [5.74, 6) is 0.519. The lowest BCUT2D eigenvalue weighted by Crippen LogP contribution is -2.07. The lowest BCUT2D eigenvalue weighted by atomic mass is 9.96. The van der Waals surface area contributed by atoms with Crippen LogP contribution in [-0.4, -0.2) is 26.1 Å². The van der Waals surface area contributed by atoms with Crippen LogP contribution in [0, 0.1) is 0 Å². The minimum Gasteiger partial charge on any atom is -0.362 e. The Balaban J connectivity index is 1.67. The zero-order chi connectivity index (χ0) is 23.3. The third-order valence-corrected chi connectivity index (χ3v) is 5.39. The Kier molecular flexibility index (Phi) is 5.90. The third kappa shape index (κ3) is 4.45. The molecule has 0 spiro atoms. The number of pyridine rings is 2. The van der Waals surface area contributed by atoms with Crippen molar-refractivity contribution in [3.05, 3.63) is 97.1 Å². The summed E-state index contributed by atoms with van der Waals surface area (Å²) in [6, 6.07) is 24.0. The van der Waals surface area contributed by atoms with Gasteiger partial charge in [-0.2, -0.15) is 0 Å². The van der Waals surface area contributed by atoms with Crippen LogP contribution >= 0.6 is 0 Å². The van der Waals surface area contributed by atoms with Gasteiger partial charge in [0.25, 0.3) is 0 Å². The molecule has 7 nitrogen and oxygen atoms in total. The smallest absolute Gasteiger partial charge is 0.221 e. The van der Waals surface area contributed by atoms with Crippen LogP contribution in [0.25, 0.3) is 33.2 Å². The first-order valence-electron chi connectivity index (χ1n) is 10.9. The quantitative estimate of drug-likeness (QED) is 0.367. The lowest BCUT2D eigenvalue weighted by Gasteiger charge is -2.15. The van der Waals surface area contributed by atoms with Crippen LogP contribution in [0.5, 0.6) is 0 Å². The van der Waals surface area contributed by atoms with E-state index >= 15 is 0 Å². The van der Waals surface area contributed by atoms with Crippen LogP contribution in [-0.2, 0) is 11.3 Å². The van der Waals surface area contributed by atoms with Gasteiger partial charge in [0.1, 0.15) is 5.69 Å². The number of hydrogen-bond donors (Lipinski definition) is 2. The van der Waals surface area contributed by atoms with Crippen molar-refractivity contribution in [1.29, 1.82) is 0 Å². The van der Waals surface area contributed by atoms with E-state index in [1.54, 1.807) is 18.6 Å². The van der Waals surface area contributed by atoms with Gasteiger partial charge in [0.05, 0.1) is 24.1 Å². The van der Waals surface area contributed by atoms with Crippen molar-refractivity contribution in [3.8, 4) is 22.4 Å². The van der Waals surface area contributed by atoms with E-state index < -0.39 is 0 Å². The number of carbonyl (C=O) groups excluding carboxylic acids is 1. The van der Waals surface area contributed by atoms with E-state index in [1.807, 2.05) is 54.6 Å². The molecule has 0 aliphatic carbocycles. The number of aromatic nitrogens is 4. The monoisotopic (exact) mass is 446 g/mol. The Morgan fingerprint density at radius 3 is 2.53 bits per heavy atom. The predicted octanol–water partition coefficient (Wildman–Crippen LogP) is 5.32. The second-order valence-electron chi connectivity index (χ2n) is 7.81. The summed E-state index contributed by atoms with van der Waals surface area (Å²) in [6.07, 6.45) is 5.11. The van der Waals surface area contributed by atoms with E-state index in [-0.39, 0.29) is 5.91 Å². The van der Waals surface area contributed by atoms with Gasteiger partial charge in [0.15, 0.2) is 5.82 Å². The molecule has 166 valence electrons. The summed E-state index contributed by atoms with van der Waals surface area (Å²) in [4.78, 5) is 20.2. The van der Waals surface area contributed by atoms with Crippen molar-refractivity contribution in [2.45, 2.75) is 13.5 Å². The number of nitrogens with zero attached hydrogens (tertiary/aromatic N) is 4. The first-order chi connectivity index (χ1) is 16.7. The summed E-state index contributed by atoms with van der Waals surface area (Å²) < 4.78 is 0. The van der Waals surface area contributed by atoms with Crippen LogP contribution in [0.1, 0.15) is 12.6 Å². The van der Waals surface area contributed by atoms with Gasteiger partial charge < -0.3 is 10.6 Å². The summed E-state index contributed by atoms with van der Waals surface area (Å²) in [7, 11) is 0. The van der Waals surface area contributed by atoms with Gasteiger partial charge in [0.2, 0.25) is 5.91 Å². The highest BCUT2D eigenvalue weighted by atomic mass is 16.1. The fraction of sp³-hybridized carbons (Fsp3) is 0.0741. The summed E-state index contributed by atoms with van der Waals surface area (Å²) in [5, 5.41) is 17.2. The highest BCUT2D eigenvalue weighted by Gasteiger charge is 2.16. The highest BCUT2D eigenvalue weighted by Crippen LogP contribution is 2.37. The molecule has 2 N–H and O–H groups in total. The average Bonchev–Trinajstić information content (AvgIpc) is 2.88. The maximum atomic E-state index is 11.5. The van der Waals surface area contributed by atoms with Crippen LogP contribution in [0.15, 0.2) is 91.4 Å². The second-order valence-corrected chi connectivity index (χ2v) is 7.81. The van der Waals surface area contributed by atoms with E-state index in [1.165, 1.54) is 6.92 Å². The van der Waals surface area contributed by atoms with E-state index in [4.69, 9.17) is 0 Å². The van der Waals surface area contributed by atoms with Crippen molar-refractivity contribution < 1.29 is 4.79 Å². The van der Waals surface area contributed by atoms with Crippen LogP contribution < -0.4 is 10.6 Å². The van der Waals surface area contributed by atoms with Gasteiger partial charge in [0, 0.05) is 35.7 Å². The van der Waals surface area contributed by atoms with E-state index in [0.717, 1.165) is 33.2 Å². The molecule has 0 bridgehead atoms. The molecule has 0 aliphatic heterocycles. The topological polar surface area (TPSA) is 92.7 Å². The standard InChI is InChI=1S/C27H22N6O/c1-18(34)31-22-14-20(15-28-16-22)26-24-12-7-11-23(19-8-3-2-4-9-19)25(24)27(33-32-26)30-17-21-10-5-6-13-29-21/h2-16H,17H2,1H3,(H,30,33)(H,31,34). The minimum absolute atomic E-state index is 0.157. The average molecular weight is 447 g/mol. The summed E-state index contributed by atoms with van der Waals surface area (Å²) in [5.41, 5.74) is 5.10. The Morgan fingerprint density at radius 2 is 1.74 bits per heavy atom. The fourth-order valence-electron chi connectivity index (χ4n) is 3.92. The molecule has 0 radical (unpaired) electrons. The lowest BCUT2D eigenvalue weighted by molar-refractivity contribution is -0.114. The predicted molar refractivity (Wildman–Crippen MR) is 134 cm³/mol. The number of benzene rings is 2. The number of hydrogen-bond acceptors (Lipinski definition) is 6. The Hall–Kier alpha value is -4.65. The molecule has 0 saturated heterocycles. The minimum atomic E-state index is -0.157. The van der Waals surface area contributed by atoms with E-state index in [0.29, 0.717) is 23.7 Å². The van der Waals surface area contributed by atoms with E-state index in [9.17, 15) is 4.79 Å². The first-order valence-corrected chi connectivity index (χ1v) is 10.9. The SMILES string of the molecule is CC(=O)Nc1cncc(-c2nnc(NCc3ccccn3)c3c(-c4ccccc4)cccc23)c1. The molecular formula is C27H22N6O. The second kappa shape index (κ2) is 9.46. The largest absolute Gasteiger partial charge is 0.362 e. The molecule has 3 heterocycles. The third-order valence-electron chi connectivity index (χ3n) is 5.39. The molecule has 3 aromatic heterocycles. The summed E-state index contributed by atoms with van der Waals surface area (Å²) >= 11 is 0. The highest BCUT2D eigenvalue weighted by molar-refractivity contribution is 6.08. The Labute approximate surface area is 196 Å². The van der Waals surface area contributed by atoms with Crippen molar-refractivity contribution >= 4 is 28.2 Å².